The minimum Gasteiger partial charge on any atom is -0.485 e. The van der Waals surface area contributed by atoms with Gasteiger partial charge in [-0.2, -0.15) is 0 Å². The van der Waals surface area contributed by atoms with Crippen molar-refractivity contribution < 1.29 is 33.7 Å². The zero-order chi connectivity index (χ0) is 30.5. The molecule has 0 aromatic heterocycles. The van der Waals surface area contributed by atoms with Crippen molar-refractivity contribution in [1.29, 1.82) is 0 Å². The first kappa shape index (κ1) is 30.3. The van der Waals surface area contributed by atoms with Gasteiger partial charge in [-0.05, 0) is 44.0 Å². The Morgan fingerprint density at radius 1 is 1.09 bits per heavy atom. The van der Waals surface area contributed by atoms with Gasteiger partial charge in [-0.25, -0.2) is 9.59 Å². The summed E-state index contributed by atoms with van der Waals surface area (Å²) in [4.78, 5) is 43.0. The van der Waals surface area contributed by atoms with E-state index in [4.69, 9.17) is 14.2 Å². The van der Waals surface area contributed by atoms with Crippen LogP contribution in [0.4, 0.5) is 21.0 Å². The molecule has 0 bridgehead atoms. The van der Waals surface area contributed by atoms with Crippen LogP contribution in [0.1, 0.15) is 56.3 Å². The van der Waals surface area contributed by atoms with Gasteiger partial charge >= 0.3 is 12.1 Å². The van der Waals surface area contributed by atoms with E-state index in [0.717, 1.165) is 25.7 Å². The monoisotopic (exact) mass is 595 g/mol. The third-order valence-electron chi connectivity index (χ3n) is 8.30. The predicted octanol–water partition coefficient (Wildman–Crippen LogP) is 4.25. The molecule has 1 aliphatic carbocycles. The highest BCUT2D eigenvalue weighted by atomic mass is 16.7. The molecule has 1 saturated carbocycles. The molecule has 0 saturated heterocycles. The second kappa shape index (κ2) is 13.4. The number of urea groups is 2. The number of carbonyl (C=O) groups is 3. The van der Waals surface area contributed by atoms with Crippen molar-refractivity contribution in [2.24, 2.45) is 5.92 Å². The fraction of sp³-hybridized carbons (Fsp3) is 0.516. The number of hydrogen-bond acceptors (Lipinski definition) is 7. The van der Waals surface area contributed by atoms with E-state index < -0.39 is 12.1 Å². The number of benzene rings is 2. The van der Waals surface area contributed by atoms with Gasteiger partial charge in [0.2, 0.25) is 6.79 Å². The Hall–Kier alpha value is -4.19. The molecule has 2 heterocycles. The maximum Gasteiger partial charge on any atom is 0.321 e. The number of carbonyl (C=O) groups excluding carboxylic acids is 3. The third kappa shape index (κ3) is 7.07. The van der Waals surface area contributed by atoms with Crippen LogP contribution in [0.3, 0.4) is 0 Å². The fourth-order valence-corrected chi connectivity index (χ4v) is 5.70. The van der Waals surface area contributed by atoms with Crippen molar-refractivity contribution in [3.05, 3.63) is 42.0 Å². The van der Waals surface area contributed by atoms with E-state index >= 15 is 0 Å². The van der Waals surface area contributed by atoms with E-state index in [9.17, 15) is 19.5 Å². The lowest BCUT2D eigenvalue weighted by molar-refractivity contribution is 0.0373. The van der Waals surface area contributed by atoms with E-state index in [1.165, 1.54) is 11.3 Å². The molecule has 0 unspecified atom stereocenters. The summed E-state index contributed by atoms with van der Waals surface area (Å²) >= 11 is 0. The Morgan fingerprint density at radius 2 is 1.86 bits per heavy atom. The summed E-state index contributed by atoms with van der Waals surface area (Å²) in [5.74, 6) is 0.893. The van der Waals surface area contributed by atoms with Gasteiger partial charge in [-0.15, -0.1) is 0 Å². The summed E-state index contributed by atoms with van der Waals surface area (Å²) in [5.41, 5.74) is 1.20. The molecule has 2 aromatic rings. The van der Waals surface area contributed by atoms with Crippen LogP contribution in [-0.2, 0) is 0 Å². The predicted molar refractivity (Wildman–Crippen MR) is 161 cm³/mol. The number of nitrogens with zero attached hydrogens (tertiary/aromatic N) is 2. The van der Waals surface area contributed by atoms with Crippen LogP contribution in [0.5, 0.6) is 17.2 Å². The van der Waals surface area contributed by atoms with E-state index in [-0.39, 0.29) is 61.2 Å². The number of para-hydroxylation sites is 1. The second-order valence-electron chi connectivity index (χ2n) is 11.6. The zero-order valence-electron chi connectivity index (χ0n) is 24.9. The number of rotatable bonds is 7. The van der Waals surface area contributed by atoms with Crippen LogP contribution >= 0.6 is 0 Å². The molecule has 5 rings (SSSR count). The molecule has 12 nitrogen and oxygen atoms in total. The van der Waals surface area contributed by atoms with Gasteiger partial charge in [-0.3, -0.25) is 4.79 Å². The van der Waals surface area contributed by atoms with Gasteiger partial charge in [-0.1, -0.05) is 32.3 Å². The molecule has 5 amide bonds. The number of amides is 5. The molecular formula is C31H41N5O7. The maximum atomic E-state index is 13.7. The Balaban J connectivity index is 1.36. The first-order chi connectivity index (χ1) is 20.7. The molecule has 4 N–H and O–H groups in total. The van der Waals surface area contributed by atoms with Crippen molar-refractivity contribution in [3.63, 3.8) is 0 Å². The van der Waals surface area contributed by atoms with Crippen molar-refractivity contribution in [2.75, 3.05) is 44.2 Å². The molecule has 2 aromatic carbocycles. The van der Waals surface area contributed by atoms with Crippen LogP contribution in [0.2, 0.25) is 0 Å². The first-order valence-electron chi connectivity index (χ1n) is 14.9. The summed E-state index contributed by atoms with van der Waals surface area (Å²) in [6.45, 7) is 4.15. The van der Waals surface area contributed by atoms with Gasteiger partial charge < -0.3 is 45.1 Å². The van der Waals surface area contributed by atoms with Gasteiger partial charge in [0.05, 0.1) is 30.4 Å². The maximum absolute atomic E-state index is 13.7. The van der Waals surface area contributed by atoms with Crippen molar-refractivity contribution in [1.82, 2.24) is 15.1 Å². The Morgan fingerprint density at radius 3 is 2.63 bits per heavy atom. The zero-order valence-corrected chi connectivity index (χ0v) is 24.9. The average Bonchev–Trinajstić information content (AvgIpc) is 3.47. The van der Waals surface area contributed by atoms with E-state index in [1.54, 1.807) is 55.3 Å². The minimum atomic E-state index is -0.544. The van der Waals surface area contributed by atoms with Gasteiger partial charge in [0.25, 0.3) is 5.91 Å². The van der Waals surface area contributed by atoms with Crippen molar-refractivity contribution >= 4 is 29.3 Å². The first-order valence-corrected chi connectivity index (χ1v) is 14.9. The average molecular weight is 596 g/mol. The lowest BCUT2D eigenvalue weighted by atomic mass is 9.96. The molecule has 3 atom stereocenters. The van der Waals surface area contributed by atoms with Crippen LogP contribution in [-0.4, -0.2) is 84.6 Å². The third-order valence-corrected chi connectivity index (χ3v) is 8.30. The minimum absolute atomic E-state index is 0.104. The number of anilines is 2. The van der Waals surface area contributed by atoms with Crippen molar-refractivity contribution in [2.45, 2.75) is 64.1 Å². The van der Waals surface area contributed by atoms with Gasteiger partial charge in [0.15, 0.2) is 17.2 Å². The van der Waals surface area contributed by atoms with E-state index in [2.05, 4.69) is 16.0 Å². The molecule has 232 valence electrons. The Labute approximate surface area is 251 Å². The number of hydrogen-bond donors (Lipinski definition) is 4. The normalized spacial score (nSPS) is 20.7. The lowest BCUT2D eigenvalue weighted by Gasteiger charge is -2.38. The summed E-state index contributed by atoms with van der Waals surface area (Å²) in [5, 5.41) is 18.8. The quantitative estimate of drug-likeness (QED) is 0.375. The fourth-order valence-electron chi connectivity index (χ4n) is 5.70. The largest absolute Gasteiger partial charge is 0.485 e. The number of aliphatic hydroxyl groups excluding tert-OH is 1. The van der Waals surface area contributed by atoms with Crippen LogP contribution < -0.4 is 30.2 Å². The summed E-state index contributed by atoms with van der Waals surface area (Å²) in [6, 6.07) is 9.18. The topological polar surface area (TPSA) is 142 Å². The summed E-state index contributed by atoms with van der Waals surface area (Å²) in [6.07, 6.45) is 4.66. The SMILES string of the molecule is C[C@@H]1CN([C@@H](C)CO)C(=O)c2cccc(NC(=O)NC3CCCCC3)c2O[C@H]1CN(C)C(=O)Nc1ccc2c(c1)OCO2. The number of fused-ring (bicyclic) bond motifs is 2. The summed E-state index contributed by atoms with van der Waals surface area (Å²) in [7, 11) is 1.67. The number of nitrogens with one attached hydrogen (secondary N) is 3. The highest BCUT2D eigenvalue weighted by molar-refractivity contribution is 6.01. The Kier molecular flexibility index (Phi) is 9.44. The van der Waals surface area contributed by atoms with Gasteiger partial charge in [0.1, 0.15) is 6.10 Å². The molecule has 0 spiro atoms. The summed E-state index contributed by atoms with van der Waals surface area (Å²) < 4.78 is 17.3. The number of aliphatic hydroxyl groups is 1. The smallest absolute Gasteiger partial charge is 0.321 e. The molecule has 0 radical (unpaired) electrons. The standard InChI is InChI=1S/C31H41N5O7/c1-19-15-36(20(2)17-37)29(38)23-10-7-11-24(34-30(39)32-21-8-5-4-6-9-21)28(23)43-27(19)16-35(3)31(40)33-22-12-13-25-26(14-22)42-18-41-25/h7,10-14,19-21,27,37H,4-6,8-9,15-18H2,1-3H3,(H,33,40)(H2,32,34,39)/t19-,20+,27+/m1/s1. The molecular weight excluding hydrogens is 554 g/mol. The molecule has 12 heteroatoms. The number of ether oxygens (including phenoxy) is 3. The molecule has 3 aliphatic rings. The molecule has 43 heavy (non-hydrogen) atoms. The van der Waals surface area contributed by atoms with E-state index in [1.807, 2.05) is 6.92 Å². The van der Waals surface area contributed by atoms with Crippen molar-refractivity contribution in [3.8, 4) is 17.2 Å². The van der Waals surface area contributed by atoms with E-state index in [0.29, 0.717) is 29.4 Å². The molecule has 1 fully saturated rings. The van der Waals surface area contributed by atoms with Crippen LogP contribution in [0.15, 0.2) is 36.4 Å². The lowest BCUT2D eigenvalue weighted by Crippen LogP contribution is -2.50. The second-order valence-corrected chi connectivity index (χ2v) is 11.6. The highest BCUT2D eigenvalue weighted by Gasteiger charge is 2.35. The highest BCUT2D eigenvalue weighted by Crippen LogP contribution is 2.36. The molecule has 2 aliphatic heterocycles. The number of likely N-dealkylation sites (N-methyl/N-ethyl adjacent to an activating group) is 1. The Bertz CT molecular complexity index is 1330. The van der Waals surface area contributed by atoms with Gasteiger partial charge in [0, 0.05) is 37.3 Å². The van der Waals surface area contributed by atoms with Crippen LogP contribution in [0, 0.1) is 5.92 Å². The van der Waals surface area contributed by atoms with Crippen LogP contribution in [0.25, 0.3) is 0 Å².